The fourth-order valence-electron chi connectivity index (χ4n) is 2.24. The SMILES string of the molecule is Fc1ccc(-c2nc(CSc3n[nH]c(-c4ccccc4F)n3)no2)cc1. The van der Waals surface area contributed by atoms with Crippen molar-refractivity contribution in [3.63, 3.8) is 0 Å². The zero-order valence-electron chi connectivity index (χ0n) is 13.2. The van der Waals surface area contributed by atoms with Crippen molar-refractivity contribution in [3.05, 3.63) is 66.0 Å². The lowest BCUT2D eigenvalue weighted by atomic mass is 10.2. The fraction of sp³-hybridized carbons (Fsp3) is 0.0588. The van der Waals surface area contributed by atoms with Gasteiger partial charge in [-0.3, -0.25) is 5.10 Å². The molecule has 2 aromatic carbocycles. The van der Waals surface area contributed by atoms with Crippen LogP contribution in [0.15, 0.2) is 58.2 Å². The topological polar surface area (TPSA) is 80.5 Å². The van der Waals surface area contributed by atoms with Gasteiger partial charge in [0.15, 0.2) is 11.6 Å². The molecule has 9 heteroatoms. The minimum Gasteiger partial charge on any atom is -0.334 e. The second kappa shape index (κ2) is 7.04. The second-order valence-corrected chi connectivity index (χ2v) is 6.20. The van der Waals surface area contributed by atoms with E-state index in [0.717, 1.165) is 0 Å². The number of aromatic nitrogens is 5. The molecule has 2 heterocycles. The molecule has 130 valence electrons. The van der Waals surface area contributed by atoms with Gasteiger partial charge in [0.25, 0.3) is 5.89 Å². The third kappa shape index (κ3) is 3.47. The first-order valence-electron chi connectivity index (χ1n) is 7.57. The number of benzene rings is 2. The maximum Gasteiger partial charge on any atom is 0.257 e. The molecule has 0 radical (unpaired) electrons. The monoisotopic (exact) mass is 371 g/mol. The van der Waals surface area contributed by atoms with Crippen molar-refractivity contribution in [2.75, 3.05) is 0 Å². The van der Waals surface area contributed by atoms with E-state index in [4.69, 9.17) is 4.52 Å². The van der Waals surface area contributed by atoms with E-state index in [1.54, 1.807) is 30.3 Å². The summed E-state index contributed by atoms with van der Waals surface area (Å²) in [4.78, 5) is 8.52. The Morgan fingerprint density at radius 1 is 1.00 bits per heavy atom. The summed E-state index contributed by atoms with van der Waals surface area (Å²) in [6.45, 7) is 0. The minimum absolute atomic E-state index is 0.308. The zero-order valence-corrected chi connectivity index (χ0v) is 14.0. The van der Waals surface area contributed by atoms with Crippen molar-refractivity contribution in [2.24, 2.45) is 0 Å². The van der Waals surface area contributed by atoms with Crippen LogP contribution in [0.4, 0.5) is 8.78 Å². The van der Waals surface area contributed by atoms with Crippen LogP contribution >= 0.6 is 11.8 Å². The van der Waals surface area contributed by atoms with E-state index in [0.29, 0.717) is 39.6 Å². The number of rotatable bonds is 5. The number of halogens is 2. The quantitative estimate of drug-likeness (QED) is 0.532. The molecule has 0 amide bonds. The van der Waals surface area contributed by atoms with Gasteiger partial charge >= 0.3 is 0 Å². The molecule has 0 bridgehead atoms. The number of hydrogen-bond donors (Lipinski definition) is 1. The summed E-state index contributed by atoms with van der Waals surface area (Å²) in [6, 6.07) is 12.1. The van der Waals surface area contributed by atoms with E-state index >= 15 is 0 Å². The van der Waals surface area contributed by atoms with Crippen molar-refractivity contribution in [1.82, 2.24) is 25.3 Å². The molecule has 0 atom stereocenters. The Labute approximate surface area is 150 Å². The standard InChI is InChI=1S/C17H11F2N5OS/c18-11-7-5-10(6-8-11)16-20-14(24-25-16)9-26-17-21-15(22-23-17)12-3-1-2-4-13(12)19/h1-8H,9H2,(H,21,22,23). The summed E-state index contributed by atoms with van der Waals surface area (Å²) in [5.74, 6) is 0.778. The maximum atomic E-state index is 13.8. The normalized spacial score (nSPS) is 11.0. The van der Waals surface area contributed by atoms with Gasteiger partial charge in [-0.25, -0.2) is 13.8 Å². The molecule has 1 N–H and O–H groups in total. The highest BCUT2D eigenvalue weighted by Crippen LogP contribution is 2.24. The summed E-state index contributed by atoms with van der Waals surface area (Å²) in [6.07, 6.45) is 0. The molecule has 0 unspecified atom stereocenters. The average molecular weight is 371 g/mol. The van der Waals surface area contributed by atoms with Crippen LogP contribution in [-0.2, 0) is 5.75 Å². The van der Waals surface area contributed by atoms with Crippen molar-refractivity contribution in [1.29, 1.82) is 0 Å². The molecular weight excluding hydrogens is 360 g/mol. The van der Waals surface area contributed by atoms with Gasteiger partial charge in [0, 0.05) is 5.56 Å². The highest BCUT2D eigenvalue weighted by Gasteiger charge is 2.13. The molecule has 0 saturated carbocycles. The third-order valence-electron chi connectivity index (χ3n) is 3.48. The van der Waals surface area contributed by atoms with Crippen LogP contribution in [0.3, 0.4) is 0 Å². The van der Waals surface area contributed by atoms with Crippen molar-refractivity contribution in [3.8, 4) is 22.8 Å². The highest BCUT2D eigenvalue weighted by atomic mass is 32.2. The maximum absolute atomic E-state index is 13.8. The second-order valence-electron chi connectivity index (χ2n) is 5.26. The van der Waals surface area contributed by atoms with E-state index in [9.17, 15) is 8.78 Å². The molecule has 0 saturated heterocycles. The molecular formula is C17H11F2N5OS. The predicted octanol–water partition coefficient (Wildman–Crippen LogP) is 4.09. The summed E-state index contributed by atoms with van der Waals surface area (Å²) in [7, 11) is 0. The summed E-state index contributed by atoms with van der Waals surface area (Å²) >= 11 is 1.28. The first kappa shape index (κ1) is 16.4. The largest absolute Gasteiger partial charge is 0.334 e. The molecule has 0 aliphatic carbocycles. The fourth-order valence-corrected chi connectivity index (χ4v) is 2.88. The zero-order chi connectivity index (χ0) is 17.9. The Bertz CT molecular complexity index is 1030. The summed E-state index contributed by atoms with van der Waals surface area (Å²) < 4.78 is 31.9. The Morgan fingerprint density at radius 3 is 2.62 bits per heavy atom. The van der Waals surface area contributed by atoms with Crippen LogP contribution in [0.25, 0.3) is 22.8 Å². The lowest BCUT2D eigenvalue weighted by Crippen LogP contribution is -1.86. The molecule has 4 rings (SSSR count). The van der Waals surface area contributed by atoms with Gasteiger partial charge in [0.2, 0.25) is 5.16 Å². The van der Waals surface area contributed by atoms with Crippen LogP contribution in [0.1, 0.15) is 5.82 Å². The van der Waals surface area contributed by atoms with Crippen molar-refractivity contribution in [2.45, 2.75) is 10.9 Å². The van der Waals surface area contributed by atoms with Crippen molar-refractivity contribution >= 4 is 11.8 Å². The molecule has 26 heavy (non-hydrogen) atoms. The smallest absolute Gasteiger partial charge is 0.257 e. The van der Waals surface area contributed by atoms with Crippen LogP contribution in [0, 0.1) is 11.6 Å². The lowest BCUT2D eigenvalue weighted by molar-refractivity contribution is 0.425. The molecule has 0 aliphatic rings. The number of nitrogens with one attached hydrogen (secondary N) is 1. The van der Waals surface area contributed by atoms with Crippen molar-refractivity contribution < 1.29 is 13.3 Å². The number of thioether (sulfide) groups is 1. The van der Waals surface area contributed by atoms with Gasteiger partial charge in [-0.1, -0.05) is 29.1 Å². The first-order chi connectivity index (χ1) is 12.7. The minimum atomic E-state index is -0.373. The van der Waals surface area contributed by atoms with E-state index in [1.165, 1.54) is 30.0 Å². The van der Waals surface area contributed by atoms with Crippen LogP contribution in [-0.4, -0.2) is 25.3 Å². The van der Waals surface area contributed by atoms with E-state index in [-0.39, 0.29) is 11.6 Å². The molecule has 2 aromatic heterocycles. The Hall–Kier alpha value is -3.07. The Balaban J connectivity index is 1.44. The first-order valence-corrected chi connectivity index (χ1v) is 8.56. The Morgan fingerprint density at radius 2 is 1.81 bits per heavy atom. The van der Waals surface area contributed by atoms with Crippen LogP contribution < -0.4 is 0 Å². The van der Waals surface area contributed by atoms with Gasteiger partial charge in [-0.2, -0.15) is 4.98 Å². The van der Waals surface area contributed by atoms with E-state index in [1.807, 2.05) is 0 Å². The van der Waals surface area contributed by atoms with E-state index in [2.05, 4.69) is 25.3 Å². The average Bonchev–Trinajstić information content (AvgIpc) is 3.30. The van der Waals surface area contributed by atoms with Gasteiger partial charge in [-0.15, -0.1) is 5.10 Å². The van der Waals surface area contributed by atoms with Gasteiger partial charge < -0.3 is 4.52 Å². The van der Waals surface area contributed by atoms with Crippen LogP contribution in [0.2, 0.25) is 0 Å². The Kier molecular flexibility index (Phi) is 4.44. The number of H-pyrrole nitrogens is 1. The highest BCUT2D eigenvalue weighted by molar-refractivity contribution is 7.98. The number of hydrogen-bond acceptors (Lipinski definition) is 6. The van der Waals surface area contributed by atoms with Gasteiger partial charge in [-0.05, 0) is 36.4 Å². The molecule has 0 fully saturated rings. The molecule has 0 aliphatic heterocycles. The van der Waals surface area contributed by atoms with Gasteiger partial charge in [0.05, 0.1) is 11.3 Å². The molecule has 0 spiro atoms. The number of aromatic amines is 1. The van der Waals surface area contributed by atoms with Crippen LogP contribution in [0.5, 0.6) is 0 Å². The lowest BCUT2D eigenvalue weighted by Gasteiger charge is -1.96. The van der Waals surface area contributed by atoms with Gasteiger partial charge in [0.1, 0.15) is 11.6 Å². The van der Waals surface area contributed by atoms with E-state index < -0.39 is 0 Å². The predicted molar refractivity (Wildman–Crippen MR) is 91.0 cm³/mol. The number of nitrogens with zero attached hydrogens (tertiary/aromatic N) is 4. The molecule has 4 aromatic rings. The molecule has 6 nitrogen and oxygen atoms in total. The summed E-state index contributed by atoms with van der Waals surface area (Å²) in [5.41, 5.74) is 0.986. The third-order valence-corrected chi connectivity index (χ3v) is 4.33. The summed E-state index contributed by atoms with van der Waals surface area (Å²) in [5, 5.41) is 11.1.